The van der Waals surface area contributed by atoms with E-state index in [0.717, 1.165) is 0 Å². The topological polar surface area (TPSA) is 76.4 Å². The third-order valence-corrected chi connectivity index (χ3v) is 3.67. The molecule has 0 bridgehead atoms. The van der Waals surface area contributed by atoms with Gasteiger partial charge in [-0.25, -0.2) is 4.98 Å². The van der Waals surface area contributed by atoms with Crippen molar-refractivity contribution in [2.45, 2.75) is 6.10 Å². The summed E-state index contributed by atoms with van der Waals surface area (Å²) in [5, 5.41) is 13.1. The number of benzene rings is 1. The molecule has 0 radical (unpaired) electrons. The lowest BCUT2D eigenvalue weighted by Gasteiger charge is -2.14. The molecule has 0 fully saturated rings. The molecule has 0 aliphatic carbocycles. The number of aryl methyl sites for hydroxylation is 1. The van der Waals surface area contributed by atoms with Gasteiger partial charge in [0.15, 0.2) is 5.82 Å². The average molecular weight is 344 g/mol. The second-order valence-corrected chi connectivity index (χ2v) is 5.37. The Bertz CT molecular complexity index is 661. The molecule has 1 amide bonds. The molecule has 1 atom stereocenters. The largest absolute Gasteiger partial charge is 0.489 e. The van der Waals surface area contributed by atoms with Crippen molar-refractivity contribution in [2.75, 3.05) is 13.2 Å². The molecule has 0 aliphatic rings. The minimum Gasteiger partial charge on any atom is -0.489 e. The molecule has 0 saturated heterocycles. The van der Waals surface area contributed by atoms with Crippen LogP contribution in [0, 0.1) is 0 Å². The zero-order chi connectivity index (χ0) is 16.1. The molecule has 1 heterocycles. The predicted octanol–water partition coefficient (Wildman–Crippen LogP) is 1.90. The normalized spacial score (nSPS) is 12.0. The van der Waals surface area contributed by atoms with Gasteiger partial charge < -0.3 is 19.7 Å². The molecule has 1 aromatic carbocycles. The highest BCUT2D eigenvalue weighted by molar-refractivity contribution is 6.42. The van der Waals surface area contributed by atoms with Crippen molar-refractivity contribution in [3.63, 3.8) is 0 Å². The minimum absolute atomic E-state index is 0.0269. The first-order valence-corrected chi connectivity index (χ1v) is 7.25. The van der Waals surface area contributed by atoms with E-state index in [9.17, 15) is 9.90 Å². The van der Waals surface area contributed by atoms with Gasteiger partial charge in [-0.3, -0.25) is 4.79 Å². The molecule has 2 N–H and O–H groups in total. The molecular formula is C14H15Cl2N3O3. The number of ether oxygens (including phenoxy) is 1. The van der Waals surface area contributed by atoms with Crippen LogP contribution in [0.3, 0.4) is 0 Å². The van der Waals surface area contributed by atoms with Crippen LogP contribution in [0.4, 0.5) is 0 Å². The molecule has 22 heavy (non-hydrogen) atoms. The number of aliphatic hydroxyl groups excluding tert-OH is 1. The first kappa shape index (κ1) is 16.6. The average Bonchev–Trinajstić information content (AvgIpc) is 2.92. The fourth-order valence-electron chi connectivity index (χ4n) is 1.71. The summed E-state index contributed by atoms with van der Waals surface area (Å²) < 4.78 is 6.97. The van der Waals surface area contributed by atoms with E-state index >= 15 is 0 Å². The Morgan fingerprint density at radius 3 is 2.95 bits per heavy atom. The van der Waals surface area contributed by atoms with E-state index in [1.165, 1.54) is 6.20 Å². The quantitative estimate of drug-likeness (QED) is 0.839. The van der Waals surface area contributed by atoms with Gasteiger partial charge in [0, 0.05) is 26.0 Å². The summed E-state index contributed by atoms with van der Waals surface area (Å²) in [6.07, 6.45) is 2.30. The highest BCUT2D eigenvalue weighted by Gasteiger charge is 2.14. The maximum atomic E-state index is 11.8. The Morgan fingerprint density at radius 1 is 1.50 bits per heavy atom. The summed E-state index contributed by atoms with van der Waals surface area (Å²) in [5.74, 6) is 0.280. The zero-order valence-electron chi connectivity index (χ0n) is 11.8. The molecule has 6 nitrogen and oxygen atoms in total. The van der Waals surface area contributed by atoms with Crippen molar-refractivity contribution in [3.05, 3.63) is 46.5 Å². The molecule has 0 spiro atoms. The second kappa shape index (κ2) is 7.49. The van der Waals surface area contributed by atoms with Crippen molar-refractivity contribution >= 4 is 29.1 Å². The van der Waals surface area contributed by atoms with Gasteiger partial charge >= 0.3 is 0 Å². The van der Waals surface area contributed by atoms with E-state index in [2.05, 4.69) is 10.3 Å². The van der Waals surface area contributed by atoms with Crippen LogP contribution in [-0.4, -0.2) is 39.8 Å². The highest BCUT2D eigenvalue weighted by Crippen LogP contribution is 2.31. The summed E-state index contributed by atoms with van der Waals surface area (Å²) in [6, 6.07) is 4.98. The van der Waals surface area contributed by atoms with E-state index in [1.807, 2.05) is 0 Å². The van der Waals surface area contributed by atoms with Gasteiger partial charge in [-0.1, -0.05) is 29.3 Å². The van der Waals surface area contributed by atoms with Crippen LogP contribution in [-0.2, 0) is 7.05 Å². The number of rotatable bonds is 6. The van der Waals surface area contributed by atoms with Crippen LogP contribution < -0.4 is 10.1 Å². The first-order valence-electron chi connectivity index (χ1n) is 6.49. The number of amides is 1. The van der Waals surface area contributed by atoms with Crippen molar-refractivity contribution in [1.82, 2.24) is 14.9 Å². The second-order valence-electron chi connectivity index (χ2n) is 4.59. The monoisotopic (exact) mass is 343 g/mol. The van der Waals surface area contributed by atoms with Crippen LogP contribution in [0.25, 0.3) is 0 Å². The van der Waals surface area contributed by atoms with Crippen LogP contribution in [0.2, 0.25) is 10.0 Å². The fraction of sp³-hybridized carbons (Fsp3) is 0.286. The van der Waals surface area contributed by atoms with E-state index in [1.54, 1.807) is 36.0 Å². The summed E-state index contributed by atoms with van der Waals surface area (Å²) in [7, 11) is 1.71. The van der Waals surface area contributed by atoms with Crippen LogP contribution in [0.1, 0.15) is 10.6 Å². The Kier molecular flexibility index (Phi) is 5.65. The number of halogens is 2. The molecule has 118 valence electrons. The molecular weight excluding hydrogens is 329 g/mol. The van der Waals surface area contributed by atoms with Crippen molar-refractivity contribution in [1.29, 1.82) is 0 Å². The summed E-state index contributed by atoms with van der Waals surface area (Å²) in [6.45, 7) is 0.00475. The maximum Gasteiger partial charge on any atom is 0.287 e. The lowest BCUT2D eigenvalue weighted by Crippen LogP contribution is -2.36. The third kappa shape index (κ3) is 4.13. The van der Waals surface area contributed by atoms with Gasteiger partial charge in [-0.15, -0.1) is 0 Å². The van der Waals surface area contributed by atoms with Gasteiger partial charge in [0.2, 0.25) is 0 Å². The Balaban J connectivity index is 1.81. The van der Waals surface area contributed by atoms with Crippen LogP contribution in [0.5, 0.6) is 5.75 Å². The Hall–Kier alpha value is -1.76. The fourth-order valence-corrected chi connectivity index (χ4v) is 2.06. The number of carbonyl (C=O) groups is 1. The Labute approximate surface area is 137 Å². The molecule has 8 heteroatoms. The third-order valence-electron chi connectivity index (χ3n) is 2.87. The molecule has 0 saturated carbocycles. The number of hydrogen-bond donors (Lipinski definition) is 2. The van der Waals surface area contributed by atoms with Crippen LogP contribution >= 0.6 is 23.2 Å². The van der Waals surface area contributed by atoms with Crippen molar-refractivity contribution in [2.24, 2.45) is 7.05 Å². The number of carbonyl (C=O) groups excluding carboxylic acids is 1. The van der Waals surface area contributed by atoms with Gasteiger partial charge in [0.05, 0.1) is 5.02 Å². The number of imidazole rings is 1. The van der Waals surface area contributed by atoms with Gasteiger partial charge in [-0.05, 0) is 12.1 Å². The Morgan fingerprint density at radius 2 is 2.27 bits per heavy atom. The number of hydrogen-bond acceptors (Lipinski definition) is 4. The lowest BCUT2D eigenvalue weighted by molar-refractivity contribution is 0.0833. The summed E-state index contributed by atoms with van der Waals surface area (Å²) in [4.78, 5) is 15.7. The summed E-state index contributed by atoms with van der Waals surface area (Å²) >= 11 is 11.8. The number of aliphatic hydroxyl groups is 1. The number of aromatic nitrogens is 2. The standard InChI is InChI=1S/C14H15Cl2N3O3/c1-19-6-5-17-13(19)14(21)18-7-9(20)8-22-11-4-2-3-10(15)12(11)16/h2-6,9,20H,7-8H2,1H3,(H,18,21)/t9-/m1/s1. The first-order chi connectivity index (χ1) is 10.5. The van der Waals surface area contributed by atoms with E-state index in [-0.39, 0.29) is 29.9 Å². The molecule has 2 rings (SSSR count). The molecule has 0 unspecified atom stereocenters. The van der Waals surface area contributed by atoms with Gasteiger partial charge in [-0.2, -0.15) is 0 Å². The molecule has 1 aromatic heterocycles. The van der Waals surface area contributed by atoms with Gasteiger partial charge in [0.25, 0.3) is 5.91 Å². The smallest absolute Gasteiger partial charge is 0.287 e. The van der Waals surface area contributed by atoms with E-state index in [0.29, 0.717) is 10.8 Å². The molecule has 2 aromatic rings. The van der Waals surface area contributed by atoms with E-state index < -0.39 is 6.10 Å². The minimum atomic E-state index is -0.890. The van der Waals surface area contributed by atoms with Gasteiger partial charge in [0.1, 0.15) is 23.5 Å². The number of nitrogens with one attached hydrogen (secondary N) is 1. The maximum absolute atomic E-state index is 11.8. The van der Waals surface area contributed by atoms with Crippen LogP contribution in [0.15, 0.2) is 30.6 Å². The molecule has 0 aliphatic heterocycles. The van der Waals surface area contributed by atoms with Crippen molar-refractivity contribution in [3.8, 4) is 5.75 Å². The lowest BCUT2D eigenvalue weighted by atomic mass is 10.3. The highest BCUT2D eigenvalue weighted by atomic mass is 35.5. The predicted molar refractivity (Wildman–Crippen MR) is 83.5 cm³/mol. The summed E-state index contributed by atoms with van der Waals surface area (Å²) in [5.41, 5.74) is 0. The number of nitrogens with zero attached hydrogens (tertiary/aromatic N) is 2. The zero-order valence-corrected chi connectivity index (χ0v) is 13.3. The SMILES string of the molecule is Cn1ccnc1C(=O)NC[C@@H](O)COc1cccc(Cl)c1Cl. The van der Waals surface area contributed by atoms with E-state index in [4.69, 9.17) is 27.9 Å². The van der Waals surface area contributed by atoms with Crippen molar-refractivity contribution < 1.29 is 14.6 Å².